The highest BCUT2D eigenvalue weighted by molar-refractivity contribution is 5.38. The second-order valence-electron chi connectivity index (χ2n) is 7.05. The van der Waals surface area contributed by atoms with Gasteiger partial charge in [0.15, 0.2) is 0 Å². The minimum atomic E-state index is -0.287. The molecule has 2 aliphatic rings. The van der Waals surface area contributed by atoms with Crippen LogP contribution in [0.25, 0.3) is 0 Å². The third-order valence-corrected chi connectivity index (χ3v) is 5.74. The van der Waals surface area contributed by atoms with Gasteiger partial charge in [-0.15, -0.1) is 0 Å². The van der Waals surface area contributed by atoms with E-state index >= 15 is 0 Å². The Morgan fingerprint density at radius 1 is 1.00 bits per heavy atom. The zero-order valence-electron chi connectivity index (χ0n) is 13.2. The number of phenols is 1. The Labute approximate surface area is 137 Å². The van der Waals surface area contributed by atoms with Gasteiger partial charge in [0.25, 0.3) is 0 Å². The van der Waals surface area contributed by atoms with E-state index in [1.165, 1.54) is 17.5 Å². The molecule has 0 aromatic heterocycles. The standard InChI is InChI=1S/C20H23NO2/c21-20(13-23-19-4-2-1-3-5-19)16-7-8-17(20)11-15-12-18(22)9-6-14(15)10-16/h1-6,9,12,16-17,22H,7-8,10-11,13,21H2. The van der Waals surface area contributed by atoms with Gasteiger partial charge in [-0.05, 0) is 72.9 Å². The predicted molar refractivity (Wildman–Crippen MR) is 90.6 cm³/mol. The number of hydrogen-bond acceptors (Lipinski definition) is 3. The maximum Gasteiger partial charge on any atom is 0.119 e. The Balaban J connectivity index is 1.58. The van der Waals surface area contributed by atoms with E-state index in [4.69, 9.17) is 10.5 Å². The third kappa shape index (κ3) is 2.59. The highest BCUT2D eigenvalue weighted by Gasteiger charge is 2.49. The van der Waals surface area contributed by atoms with Crippen LogP contribution >= 0.6 is 0 Å². The highest BCUT2D eigenvalue weighted by Crippen LogP contribution is 2.46. The number of fused-ring (bicyclic) bond motifs is 3. The van der Waals surface area contributed by atoms with E-state index < -0.39 is 0 Å². The van der Waals surface area contributed by atoms with E-state index in [0.29, 0.717) is 24.2 Å². The van der Waals surface area contributed by atoms with E-state index in [1.54, 1.807) is 6.07 Å². The molecule has 2 aliphatic carbocycles. The van der Waals surface area contributed by atoms with Crippen molar-refractivity contribution in [3.05, 3.63) is 59.7 Å². The molecule has 3 nitrogen and oxygen atoms in total. The molecule has 1 fully saturated rings. The van der Waals surface area contributed by atoms with Crippen LogP contribution in [0.5, 0.6) is 11.5 Å². The SMILES string of the molecule is NC1(COc2ccccc2)C2CCC1Cc1cc(O)ccc1C2. The summed E-state index contributed by atoms with van der Waals surface area (Å²) in [6.45, 7) is 0.562. The summed E-state index contributed by atoms with van der Waals surface area (Å²) in [5.41, 5.74) is 9.19. The lowest BCUT2D eigenvalue weighted by molar-refractivity contribution is 0.142. The van der Waals surface area contributed by atoms with E-state index in [1.807, 2.05) is 36.4 Å². The molecule has 1 saturated carbocycles. The number of nitrogens with two attached hydrogens (primary N) is 1. The summed E-state index contributed by atoms with van der Waals surface area (Å²) in [6, 6.07) is 15.7. The second-order valence-corrected chi connectivity index (χ2v) is 7.05. The molecule has 0 radical (unpaired) electrons. The maximum atomic E-state index is 9.78. The van der Waals surface area contributed by atoms with Gasteiger partial charge in [0.05, 0.1) is 5.54 Å². The fraction of sp³-hybridized carbons (Fsp3) is 0.400. The lowest BCUT2D eigenvalue weighted by Crippen LogP contribution is -2.54. The number of phenolic OH excluding ortho intramolecular Hbond substituents is 1. The molecule has 2 bridgehead atoms. The minimum Gasteiger partial charge on any atom is -0.508 e. The zero-order valence-corrected chi connectivity index (χ0v) is 13.2. The quantitative estimate of drug-likeness (QED) is 0.914. The van der Waals surface area contributed by atoms with Gasteiger partial charge in [-0.3, -0.25) is 0 Å². The summed E-state index contributed by atoms with van der Waals surface area (Å²) in [5.74, 6) is 2.10. The molecular weight excluding hydrogens is 286 g/mol. The molecule has 23 heavy (non-hydrogen) atoms. The van der Waals surface area contributed by atoms with E-state index in [-0.39, 0.29) is 5.54 Å². The van der Waals surface area contributed by atoms with Crippen LogP contribution in [0.2, 0.25) is 0 Å². The molecule has 0 heterocycles. The van der Waals surface area contributed by atoms with Crippen molar-refractivity contribution in [3.8, 4) is 11.5 Å². The van der Waals surface area contributed by atoms with E-state index in [9.17, 15) is 5.11 Å². The Kier molecular flexibility index (Phi) is 3.53. The molecule has 3 unspecified atom stereocenters. The highest BCUT2D eigenvalue weighted by atomic mass is 16.5. The molecular formula is C20H23NO2. The number of para-hydroxylation sites is 1. The molecule has 120 valence electrons. The van der Waals surface area contributed by atoms with Crippen LogP contribution in [0.4, 0.5) is 0 Å². The maximum absolute atomic E-state index is 9.78. The van der Waals surface area contributed by atoms with Crippen LogP contribution in [0, 0.1) is 11.8 Å². The third-order valence-electron chi connectivity index (χ3n) is 5.74. The van der Waals surface area contributed by atoms with Crippen LogP contribution in [-0.4, -0.2) is 17.3 Å². The summed E-state index contributed by atoms with van der Waals surface area (Å²) in [5, 5.41) is 9.78. The largest absolute Gasteiger partial charge is 0.508 e. The van der Waals surface area contributed by atoms with Crippen molar-refractivity contribution in [2.75, 3.05) is 6.61 Å². The normalized spacial score (nSPS) is 28.9. The first-order valence-corrected chi connectivity index (χ1v) is 8.42. The smallest absolute Gasteiger partial charge is 0.119 e. The number of ether oxygens (including phenoxy) is 1. The fourth-order valence-corrected chi connectivity index (χ4v) is 4.35. The molecule has 4 rings (SSSR count). The van der Waals surface area contributed by atoms with Crippen LogP contribution < -0.4 is 10.5 Å². The van der Waals surface area contributed by atoms with Gasteiger partial charge in [0.2, 0.25) is 0 Å². The first kappa shape index (κ1) is 14.6. The topological polar surface area (TPSA) is 55.5 Å². The Morgan fingerprint density at radius 3 is 2.43 bits per heavy atom. The molecule has 0 saturated heterocycles. The van der Waals surface area contributed by atoms with Gasteiger partial charge in [-0.1, -0.05) is 24.3 Å². The molecule has 0 aliphatic heterocycles. The lowest BCUT2D eigenvalue weighted by Gasteiger charge is -2.35. The van der Waals surface area contributed by atoms with Crippen molar-refractivity contribution in [1.29, 1.82) is 0 Å². The van der Waals surface area contributed by atoms with E-state index in [2.05, 4.69) is 6.07 Å². The van der Waals surface area contributed by atoms with Gasteiger partial charge in [0.1, 0.15) is 18.1 Å². The number of benzene rings is 2. The van der Waals surface area contributed by atoms with Gasteiger partial charge < -0.3 is 15.6 Å². The predicted octanol–water partition coefficient (Wildman–Crippen LogP) is 3.29. The fourth-order valence-electron chi connectivity index (χ4n) is 4.35. The summed E-state index contributed by atoms with van der Waals surface area (Å²) in [7, 11) is 0. The van der Waals surface area contributed by atoms with Gasteiger partial charge >= 0.3 is 0 Å². The molecule has 3 atom stereocenters. The lowest BCUT2D eigenvalue weighted by atomic mass is 9.80. The second kappa shape index (κ2) is 5.57. The van der Waals surface area contributed by atoms with Crippen molar-refractivity contribution in [3.63, 3.8) is 0 Å². The Bertz CT molecular complexity index is 700. The first-order valence-electron chi connectivity index (χ1n) is 8.42. The van der Waals surface area contributed by atoms with Crippen molar-refractivity contribution >= 4 is 0 Å². The van der Waals surface area contributed by atoms with Crippen LogP contribution in [0.1, 0.15) is 24.0 Å². The van der Waals surface area contributed by atoms with Gasteiger partial charge in [0, 0.05) is 0 Å². The summed E-state index contributed by atoms with van der Waals surface area (Å²) < 4.78 is 6.03. The van der Waals surface area contributed by atoms with Gasteiger partial charge in [-0.25, -0.2) is 0 Å². The average molecular weight is 309 g/mol. The molecule has 0 amide bonds. The minimum absolute atomic E-state index is 0.287. The van der Waals surface area contributed by atoms with Crippen molar-refractivity contribution in [1.82, 2.24) is 0 Å². The Hall–Kier alpha value is -2.00. The van der Waals surface area contributed by atoms with Crippen LogP contribution in [-0.2, 0) is 12.8 Å². The summed E-state index contributed by atoms with van der Waals surface area (Å²) in [6.07, 6.45) is 4.24. The number of rotatable bonds is 3. The number of hydrogen-bond donors (Lipinski definition) is 2. The number of aromatic hydroxyl groups is 1. The van der Waals surface area contributed by atoms with Crippen molar-refractivity contribution in [2.45, 2.75) is 31.2 Å². The molecule has 2 aromatic rings. The molecule has 3 heteroatoms. The molecule has 2 aromatic carbocycles. The molecule has 0 spiro atoms. The first-order chi connectivity index (χ1) is 11.1. The van der Waals surface area contributed by atoms with Crippen LogP contribution in [0.3, 0.4) is 0 Å². The zero-order chi connectivity index (χ0) is 15.9. The van der Waals surface area contributed by atoms with Crippen molar-refractivity contribution in [2.24, 2.45) is 17.6 Å². The average Bonchev–Trinajstić information content (AvgIpc) is 2.78. The summed E-state index contributed by atoms with van der Waals surface area (Å²) in [4.78, 5) is 0. The summed E-state index contributed by atoms with van der Waals surface area (Å²) >= 11 is 0. The molecule has 3 N–H and O–H groups in total. The monoisotopic (exact) mass is 309 g/mol. The Morgan fingerprint density at radius 2 is 1.70 bits per heavy atom. The van der Waals surface area contributed by atoms with Crippen LogP contribution in [0.15, 0.2) is 48.5 Å². The van der Waals surface area contributed by atoms with Gasteiger partial charge in [-0.2, -0.15) is 0 Å². The van der Waals surface area contributed by atoms with Crippen molar-refractivity contribution < 1.29 is 9.84 Å². The van der Waals surface area contributed by atoms with E-state index in [0.717, 1.165) is 25.0 Å².